The maximum Gasteiger partial charge on any atom is 0.408 e. The summed E-state index contributed by atoms with van der Waals surface area (Å²) in [5, 5.41) is 7.92. The van der Waals surface area contributed by atoms with E-state index in [-0.39, 0.29) is 25.6 Å². The maximum absolute atomic E-state index is 13.9. The molecule has 0 radical (unpaired) electrons. The van der Waals surface area contributed by atoms with Crippen molar-refractivity contribution < 1.29 is 28.7 Å². The monoisotopic (exact) mass is 652 g/mol. The van der Waals surface area contributed by atoms with E-state index in [0.717, 1.165) is 9.13 Å². The SMILES string of the molecule is CC(C)(C)NC(=O)CN(C(=O)C(CNC(=O)OC(C)(C)C)NC(=O)OCc1ccccc1)c1ccccc1I. The molecule has 4 amide bonds. The summed E-state index contributed by atoms with van der Waals surface area (Å²) in [6, 6.07) is 14.9. The largest absolute Gasteiger partial charge is 0.445 e. The van der Waals surface area contributed by atoms with Crippen LogP contribution in [0.25, 0.3) is 0 Å². The van der Waals surface area contributed by atoms with Crippen molar-refractivity contribution >= 4 is 52.3 Å². The third kappa shape index (κ3) is 11.9. The van der Waals surface area contributed by atoms with Gasteiger partial charge in [0.1, 0.15) is 24.8 Å². The van der Waals surface area contributed by atoms with E-state index in [9.17, 15) is 19.2 Å². The molecule has 0 spiro atoms. The molecule has 0 saturated heterocycles. The number of hydrogen-bond acceptors (Lipinski definition) is 6. The molecule has 0 aromatic heterocycles. The topological polar surface area (TPSA) is 126 Å². The zero-order valence-electron chi connectivity index (χ0n) is 23.2. The van der Waals surface area contributed by atoms with Gasteiger partial charge in [-0.15, -0.1) is 0 Å². The number of hydrogen-bond donors (Lipinski definition) is 3. The number of carbonyl (C=O) groups excluding carboxylic acids is 4. The Labute approximate surface area is 243 Å². The molecular weight excluding hydrogens is 615 g/mol. The van der Waals surface area contributed by atoms with E-state index in [1.807, 2.05) is 45.0 Å². The number of nitrogens with one attached hydrogen (secondary N) is 3. The van der Waals surface area contributed by atoms with Crippen LogP contribution in [0.2, 0.25) is 0 Å². The summed E-state index contributed by atoms with van der Waals surface area (Å²) < 4.78 is 11.3. The van der Waals surface area contributed by atoms with Crippen LogP contribution >= 0.6 is 22.6 Å². The molecule has 11 heteroatoms. The Balaban J connectivity index is 2.30. The summed E-state index contributed by atoms with van der Waals surface area (Å²) >= 11 is 2.07. The Morgan fingerprint density at radius 3 is 2.10 bits per heavy atom. The highest BCUT2D eigenvalue weighted by Crippen LogP contribution is 2.23. The second kappa shape index (κ2) is 14.2. The molecule has 1 atom stereocenters. The number of amides is 4. The van der Waals surface area contributed by atoms with Gasteiger partial charge in [-0.25, -0.2) is 9.59 Å². The van der Waals surface area contributed by atoms with Gasteiger partial charge in [0.25, 0.3) is 5.91 Å². The predicted molar refractivity (Wildman–Crippen MR) is 157 cm³/mol. The van der Waals surface area contributed by atoms with E-state index >= 15 is 0 Å². The summed E-state index contributed by atoms with van der Waals surface area (Å²) in [4.78, 5) is 53.1. The molecule has 0 fully saturated rings. The molecule has 2 aromatic carbocycles. The van der Waals surface area contributed by atoms with Crippen LogP contribution in [0.3, 0.4) is 0 Å². The average molecular weight is 653 g/mol. The maximum atomic E-state index is 13.9. The van der Waals surface area contributed by atoms with E-state index in [1.165, 1.54) is 4.90 Å². The van der Waals surface area contributed by atoms with E-state index in [2.05, 4.69) is 38.5 Å². The molecule has 0 saturated carbocycles. The third-order valence-electron chi connectivity index (χ3n) is 4.88. The Morgan fingerprint density at radius 2 is 1.51 bits per heavy atom. The number of anilines is 1. The van der Waals surface area contributed by atoms with Crippen LogP contribution in [0.5, 0.6) is 0 Å². The van der Waals surface area contributed by atoms with Gasteiger partial charge in [-0.05, 0) is 81.8 Å². The Kier molecular flexibility index (Phi) is 11.6. The molecule has 0 aliphatic heterocycles. The first kappa shape index (κ1) is 31.9. The molecule has 10 nitrogen and oxygen atoms in total. The third-order valence-corrected chi connectivity index (χ3v) is 5.79. The lowest BCUT2D eigenvalue weighted by molar-refractivity contribution is -0.125. The fourth-order valence-electron chi connectivity index (χ4n) is 3.35. The highest BCUT2D eigenvalue weighted by molar-refractivity contribution is 14.1. The lowest BCUT2D eigenvalue weighted by Crippen LogP contribution is -2.56. The highest BCUT2D eigenvalue weighted by atomic mass is 127. The fourth-order valence-corrected chi connectivity index (χ4v) is 4.03. The van der Waals surface area contributed by atoms with Crippen LogP contribution in [-0.4, -0.2) is 54.3 Å². The van der Waals surface area contributed by atoms with Gasteiger partial charge < -0.3 is 30.3 Å². The molecular formula is C28H37IN4O6. The van der Waals surface area contributed by atoms with Crippen molar-refractivity contribution in [3.05, 3.63) is 63.7 Å². The standard InChI is InChI=1S/C28H37IN4O6/c1-27(2,3)32-23(34)17-33(22-15-11-10-14-20(22)29)24(35)21(16-30-25(36)39-28(4,5)6)31-26(37)38-18-19-12-8-7-9-13-19/h7-15,21H,16-18H2,1-6H3,(H,30,36)(H,31,37)(H,32,34). The van der Waals surface area contributed by atoms with Gasteiger partial charge in [-0.2, -0.15) is 0 Å². The summed E-state index contributed by atoms with van der Waals surface area (Å²) in [5.41, 5.74) is -0.0361. The van der Waals surface area contributed by atoms with Crippen LogP contribution in [0.4, 0.5) is 15.3 Å². The number of rotatable bonds is 9. The van der Waals surface area contributed by atoms with Crippen molar-refractivity contribution in [2.45, 2.75) is 65.3 Å². The van der Waals surface area contributed by atoms with Crippen LogP contribution in [0.1, 0.15) is 47.1 Å². The van der Waals surface area contributed by atoms with Gasteiger partial charge in [-0.1, -0.05) is 42.5 Å². The number of benzene rings is 2. The van der Waals surface area contributed by atoms with Gasteiger partial charge in [0.05, 0.1) is 12.2 Å². The molecule has 1 unspecified atom stereocenters. The number of carbonyl (C=O) groups is 4. The zero-order chi connectivity index (χ0) is 29.2. The first-order chi connectivity index (χ1) is 18.1. The fraction of sp³-hybridized carbons (Fsp3) is 0.429. The molecule has 0 aliphatic rings. The van der Waals surface area contributed by atoms with Crippen molar-refractivity contribution in [3.8, 4) is 0 Å². The normalized spacial score (nSPS) is 12.1. The number of halogens is 1. The van der Waals surface area contributed by atoms with E-state index in [1.54, 1.807) is 51.1 Å². The summed E-state index contributed by atoms with van der Waals surface area (Å²) in [5.74, 6) is -1.00. The van der Waals surface area contributed by atoms with Crippen LogP contribution in [-0.2, 0) is 25.7 Å². The van der Waals surface area contributed by atoms with Crippen molar-refractivity contribution in [1.82, 2.24) is 16.0 Å². The first-order valence-electron chi connectivity index (χ1n) is 12.5. The highest BCUT2D eigenvalue weighted by Gasteiger charge is 2.31. The average Bonchev–Trinajstić information content (AvgIpc) is 2.82. The van der Waals surface area contributed by atoms with Crippen LogP contribution in [0, 0.1) is 3.57 Å². The quantitative estimate of drug-likeness (QED) is 0.346. The lowest BCUT2D eigenvalue weighted by Gasteiger charge is -2.30. The molecule has 0 heterocycles. The van der Waals surface area contributed by atoms with Gasteiger partial charge in [0.15, 0.2) is 0 Å². The summed E-state index contributed by atoms with van der Waals surface area (Å²) in [6.07, 6.45) is -1.61. The number of alkyl carbamates (subject to hydrolysis) is 2. The van der Waals surface area contributed by atoms with Gasteiger partial charge in [0.2, 0.25) is 5.91 Å². The lowest BCUT2D eigenvalue weighted by atomic mass is 10.1. The molecule has 212 valence electrons. The second-order valence-electron chi connectivity index (χ2n) is 10.8. The molecule has 2 aromatic rings. The number of ether oxygens (including phenoxy) is 2. The minimum absolute atomic E-state index is 0.0125. The van der Waals surface area contributed by atoms with Gasteiger partial charge in [0, 0.05) is 9.11 Å². The second-order valence-corrected chi connectivity index (χ2v) is 12.0. The summed E-state index contributed by atoms with van der Waals surface area (Å²) in [6.45, 7) is 10.0. The minimum atomic E-state index is -1.26. The van der Waals surface area contributed by atoms with E-state index in [0.29, 0.717) is 5.69 Å². The molecule has 2 rings (SSSR count). The minimum Gasteiger partial charge on any atom is -0.445 e. The predicted octanol–water partition coefficient (Wildman–Crippen LogP) is 4.36. The van der Waals surface area contributed by atoms with Crippen molar-refractivity contribution in [1.29, 1.82) is 0 Å². The molecule has 0 aliphatic carbocycles. The Hall–Kier alpha value is -3.35. The van der Waals surface area contributed by atoms with Crippen LogP contribution in [0.15, 0.2) is 54.6 Å². The summed E-state index contributed by atoms with van der Waals surface area (Å²) in [7, 11) is 0. The van der Waals surface area contributed by atoms with E-state index in [4.69, 9.17) is 9.47 Å². The molecule has 3 N–H and O–H groups in total. The number of para-hydroxylation sites is 1. The Bertz CT molecular complexity index is 1140. The molecule has 39 heavy (non-hydrogen) atoms. The van der Waals surface area contributed by atoms with Gasteiger partial charge >= 0.3 is 12.2 Å². The van der Waals surface area contributed by atoms with Crippen molar-refractivity contribution in [3.63, 3.8) is 0 Å². The Morgan fingerprint density at radius 1 is 0.897 bits per heavy atom. The smallest absolute Gasteiger partial charge is 0.408 e. The number of nitrogens with zero attached hydrogens (tertiary/aromatic N) is 1. The van der Waals surface area contributed by atoms with Crippen molar-refractivity contribution in [2.75, 3.05) is 18.0 Å². The molecule has 0 bridgehead atoms. The first-order valence-corrected chi connectivity index (χ1v) is 13.5. The van der Waals surface area contributed by atoms with Crippen LogP contribution < -0.4 is 20.9 Å². The van der Waals surface area contributed by atoms with Crippen molar-refractivity contribution in [2.24, 2.45) is 0 Å². The van der Waals surface area contributed by atoms with E-state index < -0.39 is 35.3 Å². The zero-order valence-corrected chi connectivity index (χ0v) is 25.3. The van der Waals surface area contributed by atoms with Gasteiger partial charge in [-0.3, -0.25) is 9.59 Å².